The van der Waals surface area contributed by atoms with E-state index in [2.05, 4.69) is 15.5 Å². The van der Waals surface area contributed by atoms with Crippen molar-refractivity contribution >= 4 is 11.7 Å². The zero-order chi connectivity index (χ0) is 13.5. The average Bonchev–Trinajstić information content (AvgIpc) is 2.49. The SMILES string of the molecule is N#Cc1ccc(NCCC(=O)N2CCOCC2)nn1. The Balaban J connectivity index is 1.73. The van der Waals surface area contributed by atoms with E-state index in [1.54, 1.807) is 17.0 Å². The minimum Gasteiger partial charge on any atom is -0.378 e. The topological polar surface area (TPSA) is 91.1 Å². The molecular weight excluding hydrogens is 246 g/mol. The smallest absolute Gasteiger partial charge is 0.224 e. The average molecular weight is 261 g/mol. The molecule has 1 N–H and O–H groups in total. The molecule has 7 nitrogen and oxygen atoms in total. The maximum Gasteiger partial charge on any atom is 0.224 e. The van der Waals surface area contributed by atoms with Crippen LogP contribution in [-0.4, -0.2) is 53.9 Å². The lowest BCUT2D eigenvalue weighted by Gasteiger charge is -2.26. The Hall–Kier alpha value is -2.20. The van der Waals surface area contributed by atoms with E-state index in [4.69, 9.17) is 10.00 Å². The molecule has 1 fully saturated rings. The van der Waals surface area contributed by atoms with Crippen LogP contribution in [0.2, 0.25) is 0 Å². The summed E-state index contributed by atoms with van der Waals surface area (Å²) in [5.74, 6) is 0.672. The molecular formula is C12H15N5O2. The van der Waals surface area contributed by atoms with Crippen LogP contribution in [0.5, 0.6) is 0 Å². The molecule has 0 aromatic carbocycles. The van der Waals surface area contributed by atoms with Crippen LogP contribution in [0.3, 0.4) is 0 Å². The number of ether oxygens (including phenoxy) is 1. The first-order valence-electron chi connectivity index (χ1n) is 6.13. The molecule has 1 aromatic rings. The van der Waals surface area contributed by atoms with E-state index in [0.717, 1.165) is 0 Å². The Morgan fingerprint density at radius 1 is 1.42 bits per heavy atom. The van der Waals surface area contributed by atoms with Crippen molar-refractivity contribution in [3.63, 3.8) is 0 Å². The van der Waals surface area contributed by atoms with E-state index in [0.29, 0.717) is 45.1 Å². The van der Waals surface area contributed by atoms with Gasteiger partial charge in [0, 0.05) is 26.1 Å². The highest BCUT2D eigenvalue weighted by Gasteiger charge is 2.15. The predicted octanol–water partition coefficient (Wildman–Crippen LogP) is 0.00908. The molecule has 1 saturated heterocycles. The molecule has 1 aliphatic rings. The van der Waals surface area contributed by atoms with Gasteiger partial charge in [-0.15, -0.1) is 10.2 Å². The van der Waals surface area contributed by atoms with Crippen molar-refractivity contribution in [3.8, 4) is 6.07 Å². The molecule has 0 unspecified atom stereocenters. The Morgan fingerprint density at radius 2 is 2.21 bits per heavy atom. The first-order valence-corrected chi connectivity index (χ1v) is 6.13. The summed E-state index contributed by atoms with van der Waals surface area (Å²) in [4.78, 5) is 13.6. The van der Waals surface area contributed by atoms with E-state index in [-0.39, 0.29) is 11.6 Å². The van der Waals surface area contributed by atoms with Gasteiger partial charge in [0.1, 0.15) is 11.9 Å². The number of carbonyl (C=O) groups is 1. The molecule has 0 radical (unpaired) electrons. The summed E-state index contributed by atoms with van der Waals surface area (Å²) in [5.41, 5.74) is 0.273. The van der Waals surface area contributed by atoms with Gasteiger partial charge in [-0.3, -0.25) is 4.79 Å². The number of amides is 1. The minimum absolute atomic E-state index is 0.109. The maximum absolute atomic E-state index is 11.8. The number of hydrogen-bond donors (Lipinski definition) is 1. The molecule has 19 heavy (non-hydrogen) atoms. The van der Waals surface area contributed by atoms with Gasteiger partial charge in [-0.25, -0.2) is 0 Å². The Bertz CT molecular complexity index is 462. The highest BCUT2D eigenvalue weighted by molar-refractivity contribution is 5.76. The van der Waals surface area contributed by atoms with Crippen LogP contribution >= 0.6 is 0 Å². The number of aromatic nitrogens is 2. The minimum atomic E-state index is 0.109. The normalized spacial score (nSPS) is 14.8. The summed E-state index contributed by atoms with van der Waals surface area (Å²) < 4.78 is 5.19. The van der Waals surface area contributed by atoms with E-state index in [1.165, 1.54) is 0 Å². The first kappa shape index (κ1) is 13.2. The quantitative estimate of drug-likeness (QED) is 0.821. The predicted molar refractivity (Wildman–Crippen MR) is 67.3 cm³/mol. The second-order valence-electron chi connectivity index (χ2n) is 4.09. The fourth-order valence-corrected chi connectivity index (χ4v) is 1.75. The van der Waals surface area contributed by atoms with Crippen molar-refractivity contribution in [2.75, 3.05) is 38.2 Å². The van der Waals surface area contributed by atoms with Crippen molar-refractivity contribution < 1.29 is 9.53 Å². The highest BCUT2D eigenvalue weighted by Crippen LogP contribution is 2.03. The summed E-state index contributed by atoms with van der Waals surface area (Å²) in [6, 6.07) is 5.15. The molecule has 100 valence electrons. The van der Waals surface area contributed by atoms with Crippen LogP contribution < -0.4 is 5.32 Å². The van der Waals surface area contributed by atoms with E-state index in [9.17, 15) is 4.79 Å². The second kappa shape index (κ2) is 6.66. The van der Waals surface area contributed by atoms with Gasteiger partial charge in [0.2, 0.25) is 5.91 Å². The van der Waals surface area contributed by atoms with Crippen LogP contribution in [0, 0.1) is 11.3 Å². The zero-order valence-corrected chi connectivity index (χ0v) is 10.5. The third kappa shape index (κ3) is 3.89. The number of anilines is 1. The van der Waals surface area contributed by atoms with Gasteiger partial charge < -0.3 is 15.0 Å². The maximum atomic E-state index is 11.8. The number of nitrogens with one attached hydrogen (secondary N) is 1. The van der Waals surface area contributed by atoms with Gasteiger partial charge >= 0.3 is 0 Å². The van der Waals surface area contributed by atoms with Crippen LogP contribution in [0.4, 0.5) is 5.82 Å². The largest absolute Gasteiger partial charge is 0.378 e. The Labute approximate surface area is 111 Å². The lowest BCUT2D eigenvalue weighted by atomic mass is 10.3. The van der Waals surface area contributed by atoms with Crippen LogP contribution in [0.1, 0.15) is 12.1 Å². The van der Waals surface area contributed by atoms with E-state index >= 15 is 0 Å². The van der Waals surface area contributed by atoms with Gasteiger partial charge in [-0.05, 0) is 12.1 Å². The number of morpholine rings is 1. The van der Waals surface area contributed by atoms with Gasteiger partial charge in [0.15, 0.2) is 5.69 Å². The highest BCUT2D eigenvalue weighted by atomic mass is 16.5. The molecule has 2 heterocycles. The van der Waals surface area contributed by atoms with Gasteiger partial charge in [-0.2, -0.15) is 5.26 Å². The third-order valence-corrected chi connectivity index (χ3v) is 2.79. The van der Waals surface area contributed by atoms with Crippen molar-refractivity contribution in [2.24, 2.45) is 0 Å². The summed E-state index contributed by atoms with van der Waals surface area (Å²) >= 11 is 0. The molecule has 0 aliphatic carbocycles. The van der Waals surface area contributed by atoms with Gasteiger partial charge in [0.05, 0.1) is 13.2 Å². The molecule has 2 rings (SSSR count). The molecule has 0 spiro atoms. The molecule has 1 aromatic heterocycles. The fourth-order valence-electron chi connectivity index (χ4n) is 1.75. The van der Waals surface area contributed by atoms with E-state index in [1.807, 2.05) is 6.07 Å². The Kier molecular flexibility index (Phi) is 4.64. The van der Waals surface area contributed by atoms with Crippen LogP contribution in [0.15, 0.2) is 12.1 Å². The number of nitrogens with zero attached hydrogens (tertiary/aromatic N) is 4. The molecule has 0 saturated carbocycles. The molecule has 7 heteroatoms. The fraction of sp³-hybridized carbons (Fsp3) is 0.500. The van der Waals surface area contributed by atoms with Gasteiger partial charge in [-0.1, -0.05) is 0 Å². The number of rotatable bonds is 4. The monoisotopic (exact) mass is 261 g/mol. The van der Waals surface area contributed by atoms with Crippen molar-refractivity contribution in [3.05, 3.63) is 17.8 Å². The number of hydrogen-bond acceptors (Lipinski definition) is 6. The van der Waals surface area contributed by atoms with Gasteiger partial charge in [0.25, 0.3) is 0 Å². The molecule has 0 bridgehead atoms. The summed E-state index contributed by atoms with van der Waals surface area (Å²) in [6.07, 6.45) is 0.404. The number of carbonyl (C=O) groups excluding carboxylic acids is 1. The number of nitriles is 1. The Morgan fingerprint density at radius 3 is 2.84 bits per heavy atom. The zero-order valence-electron chi connectivity index (χ0n) is 10.5. The van der Waals surface area contributed by atoms with Crippen molar-refractivity contribution in [1.82, 2.24) is 15.1 Å². The van der Waals surface area contributed by atoms with Crippen LogP contribution in [0.25, 0.3) is 0 Å². The van der Waals surface area contributed by atoms with Crippen molar-refractivity contribution in [2.45, 2.75) is 6.42 Å². The molecule has 1 amide bonds. The third-order valence-electron chi connectivity index (χ3n) is 2.79. The summed E-state index contributed by atoms with van der Waals surface area (Å²) in [6.45, 7) is 3.04. The summed E-state index contributed by atoms with van der Waals surface area (Å²) in [5, 5.41) is 19.1. The lowest BCUT2D eigenvalue weighted by Crippen LogP contribution is -2.41. The van der Waals surface area contributed by atoms with E-state index < -0.39 is 0 Å². The summed E-state index contributed by atoms with van der Waals surface area (Å²) in [7, 11) is 0. The second-order valence-corrected chi connectivity index (χ2v) is 4.09. The standard InChI is InChI=1S/C12H15N5O2/c13-9-10-1-2-11(16-15-10)14-4-3-12(18)17-5-7-19-8-6-17/h1-2H,3-8H2,(H,14,16). The molecule has 0 atom stereocenters. The van der Waals surface area contributed by atoms with Crippen LogP contribution in [-0.2, 0) is 9.53 Å². The van der Waals surface area contributed by atoms with Crippen molar-refractivity contribution in [1.29, 1.82) is 5.26 Å². The lowest BCUT2D eigenvalue weighted by molar-refractivity contribution is -0.134. The molecule has 1 aliphatic heterocycles. The first-order chi connectivity index (χ1) is 9.29.